The van der Waals surface area contributed by atoms with E-state index in [2.05, 4.69) is 31.9 Å². The lowest BCUT2D eigenvalue weighted by molar-refractivity contribution is -0.174. The summed E-state index contributed by atoms with van der Waals surface area (Å²) in [5.74, 6) is 0. The minimum atomic E-state index is -4.20. The molecule has 1 nitrogen and oxygen atoms in total. The van der Waals surface area contributed by atoms with Gasteiger partial charge in [-0.15, -0.1) is 0 Å². The summed E-state index contributed by atoms with van der Waals surface area (Å²) in [6, 6.07) is 0. The average Bonchev–Trinajstić information content (AvgIpc) is 2.45. The Kier molecular flexibility index (Phi) is 8.96. The molecule has 0 bridgehead atoms. The lowest BCUT2D eigenvalue weighted by Gasteiger charge is -2.20. The van der Waals surface area contributed by atoms with Crippen LogP contribution in [0.2, 0.25) is 0 Å². The predicted molar refractivity (Wildman–Crippen MR) is 89.2 cm³/mol. The summed E-state index contributed by atoms with van der Waals surface area (Å²) in [5, 5.41) is 0. The van der Waals surface area contributed by atoms with Crippen LogP contribution in [-0.2, 0) is 4.74 Å². The molecule has 0 saturated carbocycles. The Morgan fingerprint density at radius 2 is 1.52 bits per heavy atom. The first-order valence-electron chi connectivity index (χ1n) is 8.64. The second kappa shape index (κ2) is 10.2. The van der Waals surface area contributed by atoms with Crippen molar-refractivity contribution in [2.24, 2.45) is 0 Å². The first-order chi connectivity index (χ1) is 10.8. The van der Waals surface area contributed by atoms with Gasteiger partial charge in [-0.05, 0) is 46.5 Å². The second-order valence-corrected chi connectivity index (χ2v) is 6.63. The van der Waals surface area contributed by atoms with Gasteiger partial charge in [0.1, 0.15) is 6.61 Å². The van der Waals surface area contributed by atoms with Crippen molar-refractivity contribution >= 4 is 0 Å². The average molecular weight is 331 g/mol. The van der Waals surface area contributed by atoms with Crippen LogP contribution in [0.15, 0.2) is 22.3 Å². The van der Waals surface area contributed by atoms with Gasteiger partial charge in [0.05, 0.1) is 0 Å². The molecule has 0 aliphatic heterocycles. The summed E-state index contributed by atoms with van der Waals surface area (Å²) in [6.07, 6.45) is 6.66. The first kappa shape index (κ1) is 20.3. The van der Waals surface area contributed by atoms with E-state index in [-0.39, 0.29) is 6.61 Å². The molecule has 0 atom stereocenters. The maximum absolute atomic E-state index is 11.9. The van der Waals surface area contributed by atoms with Crippen LogP contribution < -0.4 is 0 Å². The van der Waals surface area contributed by atoms with Crippen LogP contribution >= 0.6 is 0 Å². The summed E-state index contributed by atoms with van der Waals surface area (Å²) in [5.41, 5.74) is 5.87. The van der Waals surface area contributed by atoms with Crippen LogP contribution in [0.5, 0.6) is 0 Å². The molecule has 0 heterocycles. The highest BCUT2D eigenvalue weighted by Crippen LogP contribution is 2.31. The third-order valence-corrected chi connectivity index (χ3v) is 4.39. The third kappa shape index (κ3) is 9.19. The van der Waals surface area contributed by atoms with E-state index in [4.69, 9.17) is 0 Å². The number of allylic oxidation sites excluding steroid dienone is 4. The van der Waals surface area contributed by atoms with Crippen LogP contribution in [-0.4, -0.2) is 19.4 Å². The van der Waals surface area contributed by atoms with E-state index in [0.717, 1.165) is 38.5 Å². The normalized spacial score (nSPS) is 16.4. The smallest absolute Gasteiger partial charge is 0.372 e. The van der Waals surface area contributed by atoms with E-state index < -0.39 is 12.8 Å². The number of alkyl halides is 3. The molecule has 1 radical (unpaired) electrons. The van der Waals surface area contributed by atoms with E-state index in [1.807, 2.05) is 0 Å². The van der Waals surface area contributed by atoms with E-state index in [1.165, 1.54) is 35.1 Å². The highest BCUT2D eigenvalue weighted by molar-refractivity contribution is 5.41. The summed E-state index contributed by atoms with van der Waals surface area (Å²) in [4.78, 5) is 0. The van der Waals surface area contributed by atoms with Crippen molar-refractivity contribution in [2.45, 2.75) is 78.3 Å². The quantitative estimate of drug-likeness (QED) is 0.412. The van der Waals surface area contributed by atoms with Crippen molar-refractivity contribution in [1.82, 2.24) is 0 Å². The Bertz CT molecular complexity index is 419. The zero-order chi connectivity index (χ0) is 17.3. The molecule has 1 rings (SSSR count). The topological polar surface area (TPSA) is 9.23 Å². The lowest BCUT2D eigenvalue weighted by Crippen LogP contribution is -2.17. The Balaban J connectivity index is 1.97. The number of hydrogen-bond donors (Lipinski definition) is 0. The fraction of sp³-hybridized carbons (Fsp3) is 0.737. The zero-order valence-corrected chi connectivity index (χ0v) is 14.7. The molecule has 0 amide bonds. The molecule has 0 N–H and O–H groups in total. The van der Waals surface area contributed by atoms with Gasteiger partial charge in [0.2, 0.25) is 0 Å². The molecule has 0 aromatic carbocycles. The predicted octanol–water partition coefficient (Wildman–Crippen LogP) is 6.56. The van der Waals surface area contributed by atoms with Crippen LogP contribution in [0.4, 0.5) is 13.2 Å². The van der Waals surface area contributed by atoms with Crippen molar-refractivity contribution in [3.8, 4) is 0 Å². The maximum Gasteiger partial charge on any atom is 0.411 e. The van der Waals surface area contributed by atoms with Crippen LogP contribution in [0.3, 0.4) is 0 Å². The van der Waals surface area contributed by atoms with E-state index in [1.54, 1.807) is 0 Å². The zero-order valence-electron chi connectivity index (χ0n) is 14.7. The minimum Gasteiger partial charge on any atom is -0.372 e. The Hall–Kier alpha value is -0.770. The van der Waals surface area contributed by atoms with Gasteiger partial charge in [-0.3, -0.25) is 0 Å². The largest absolute Gasteiger partial charge is 0.411 e. The molecule has 1 aliphatic carbocycles. The monoisotopic (exact) mass is 331 g/mol. The van der Waals surface area contributed by atoms with Gasteiger partial charge in [-0.2, -0.15) is 13.2 Å². The van der Waals surface area contributed by atoms with Gasteiger partial charge in [-0.25, -0.2) is 0 Å². The molecule has 4 heteroatoms. The number of rotatable bonds is 10. The molecule has 133 valence electrons. The summed E-state index contributed by atoms with van der Waals surface area (Å²) in [6.45, 7) is 5.70. The molecule has 0 saturated heterocycles. The van der Waals surface area contributed by atoms with E-state index in [0.29, 0.717) is 0 Å². The SMILES string of the molecule is CC1=C(C)CC(C)=C(CCCCCCCCOCC(F)(F)F)[CH]1. The summed E-state index contributed by atoms with van der Waals surface area (Å²) >= 11 is 0. The van der Waals surface area contributed by atoms with Gasteiger partial charge in [0.15, 0.2) is 0 Å². The van der Waals surface area contributed by atoms with Gasteiger partial charge in [0, 0.05) is 13.0 Å². The summed E-state index contributed by atoms with van der Waals surface area (Å²) in [7, 11) is 0. The number of halogens is 3. The standard InChI is InChI=1S/C19H30F3O/c1-15-12-17(3)18(13-16(15)2)10-8-6-4-5-7-9-11-23-14-19(20,21)22/h13H,4-12,14H2,1-3H3. The van der Waals surface area contributed by atoms with Gasteiger partial charge in [-0.1, -0.05) is 48.0 Å². The second-order valence-electron chi connectivity index (χ2n) is 6.63. The fourth-order valence-corrected chi connectivity index (χ4v) is 2.86. The fourth-order valence-electron chi connectivity index (χ4n) is 2.86. The van der Waals surface area contributed by atoms with Crippen LogP contribution in [0.25, 0.3) is 0 Å². The molecule has 0 aromatic rings. The first-order valence-corrected chi connectivity index (χ1v) is 8.64. The van der Waals surface area contributed by atoms with Crippen molar-refractivity contribution in [2.75, 3.05) is 13.2 Å². The Labute approximate surface area is 139 Å². The summed E-state index contributed by atoms with van der Waals surface area (Å²) < 4.78 is 40.2. The Morgan fingerprint density at radius 3 is 2.17 bits per heavy atom. The van der Waals surface area contributed by atoms with Crippen LogP contribution in [0, 0.1) is 6.42 Å². The van der Waals surface area contributed by atoms with Gasteiger partial charge < -0.3 is 4.74 Å². The lowest BCUT2D eigenvalue weighted by atomic mass is 9.86. The molecule has 0 spiro atoms. The van der Waals surface area contributed by atoms with E-state index in [9.17, 15) is 13.2 Å². The molecule has 0 fully saturated rings. The van der Waals surface area contributed by atoms with Crippen molar-refractivity contribution in [1.29, 1.82) is 0 Å². The highest BCUT2D eigenvalue weighted by Gasteiger charge is 2.27. The van der Waals surface area contributed by atoms with Crippen molar-refractivity contribution < 1.29 is 17.9 Å². The Morgan fingerprint density at radius 1 is 0.913 bits per heavy atom. The minimum absolute atomic E-state index is 0.214. The molecule has 0 aromatic heterocycles. The highest BCUT2D eigenvalue weighted by atomic mass is 19.4. The van der Waals surface area contributed by atoms with Crippen LogP contribution in [0.1, 0.15) is 72.1 Å². The number of unbranched alkanes of at least 4 members (excludes halogenated alkanes) is 5. The van der Waals surface area contributed by atoms with E-state index >= 15 is 0 Å². The molecule has 1 aliphatic rings. The molecular weight excluding hydrogens is 301 g/mol. The van der Waals surface area contributed by atoms with Gasteiger partial charge >= 0.3 is 6.18 Å². The molecule has 0 unspecified atom stereocenters. The number of hydrogen-bond acceptors (Lipinski definition) is 1. The van der Waals surface area contributed by atoms with Gasteiger partial charge in [0.25, 0.3) is 0 Å². The number of ether oxygens (including phenoxy) is 1. The maximum atomic E-state index is 11.9. The van der Waals surface area contributed by atoms with Crippen molar-refractivity contribution in [3.05, 3.63) is 28.7 Å². The van der Waals surface area contributed by atoms with Crippen molar-refractivity contribution in [3.63, 3.8) is 0 Å². The molecular formula is C19H30F3O. The third-order valence-electron chi connectivity index (χ3n) is 4.39. The molecule has 23 heavy (non-hydrogen) atoms.